The summed E-state index contributed by atoms with van der Waals surface area (Å²) in [5, 5.41) is 0.682. The van der Waals surface area contributed by atoms with Gasteiger partial charge in [0.05, 0.1) is 0 Å². The molecule has 0 spiro atoms. The van der Waals surface area contributed by atoms with E-state index in [0.29, 0.717) is 36.8 Å². The molecule has 182 valence electrons. The normalized spacial score (nSPS) is 28.0. The SMILES string of the molecule is Cc1cnc(N2CC(C)(C)c3c(N4CCN(C(=O)C5(C)CCS5=O)C(C)C4)ncnc32)cc1Cl. The molecule has 10 heteroatoms. The lowest BCUT2D eigenvalue weighted by atomic mass is 9.87. The molecule has 1 amide bonds. The van der Waals surface area contributed by atoms with Crippen LogP contribution in [0.4, 0.5) is 17.5 Å². The Kier molecular flexibility index (Phi) is 5.63. The molecule has 2 saturated heterocycles. The Hall–Kier alpha value is -2.26. The summed E-state index contributed by atoms with van der Waals surface area (Å²) >= 11 is 6.40. The fourth-order valence-electron chi connectivity index (χ4n) is 5.24. The lowest BCUT2D eigenvalue weighted by molar-refractivity contribution is -0.136. The molecule has 2 aromatic heterocycles. The second-order valence-electron chi connectivity index (χ2n) is 10.5. The Morgan fingerprint density at radius 3 is 2.53 bits per heavy atom. The van der Waals surface area contributed by atoms with Crippen LogP contribution in [0.1, 0.15) is 45.2 Å². The fraction of sp³-hybridized carbons (Fsp3) is 0.583. The lowest BCUT2D eigenvalue weighted by Gasteiger charge is -2.46. The number of nitrogens with zero attached hydrogens (tertiary/aromatic N) is 6. The first-order chi connectivity index (χ1) is 16.0. The standard InChI is InChI=1S/C24H31ClN6O2S/c1-15-11-26-18(10-17(15)25)31-13-23(3,4)19-20(27-14-28-21(19)31)29-7-8-30(16(2)12-29)22(32)24(5)6-9-34(24)33/h10-11,14,16H,6-9,12-13H2,1-5H3. The highest BCUT2D eigenvalue weighted by atomic mass is 35.5. The maximum atomic E-state index is 13.2. The van der Waals surface area contributed by atoms with Crippen LogP contribution in [0, 0.1) is 6.92 Å². The van der Waals surface area contributed by atoms with Crippen molar-refractivity contribution >= 4 is 45.8 Å². The topological polar surface area (TPSA) is 82.5 Å². The molecule has 3 unspecified atom stereocenters. The predicted molar refractivity (Wildman–Crippen MR) is 135 cm³/mol. The number of fused-ring (bicyclic) bond motifs is 1. The Morgan fingerprint density at radius 1 is 1.18 bits per heavy atom. The van der Waals surface area contributed by atoms with E-state index in [2.05, 4.69) is 40.5 Å². The highest BCUT2D eigenvalue weighted by molar-refractivity contribution is 7.88. The third-order valence-electron chi connectivity index (χ3n) is 7.50. The third-order valence-corrected chi connectivity index (χ3v) is 9.87. The molecular formula is C24H31ClN6O2S. The number of aromatic nitrogens is 3. The largest absolute Gasteiger partial charge is 0.352 e. The molecule has 5 rings (SSSR count). The van der Waals surface area contributed by atoms with Crippen LogP contribution in [-0.2, 0) is 21.0 Å². The molecule has 3 aliphatic rings. The molecular weight excluding hydrogens is 472 g/mol. The van der Waals surface area contributed by atoms with Gasteiger partial charge in [-0.25, -0.2) is 15.0 Å². The quantitative estimate of drug-likeness (QED) is 0.637. The van der Waals surface area contributed by atoms with Crippen LogP contribution < -0.4 is 9.80 Å². The Morgan fingerprint density at radius 2 is 1.91 bits per heavy atom. The molecule has 2 aromatic rings. The Labute approximate surface area is 208 Å². The van der Waals surface area contributed by atoms with Crippen molar-refractivity contribution in [3.05, 3.63) is 34.7 Å². The molecule has 34 heavy (non-hydrogen) atoms. The minimum atomic E-state index is -1.07. The van der Waals surface area contributed by atoms with Gasteiger partial charge in [-0.15, -0.1) is 0 Å². The van der Waals surface area contributed by atoms with Crippen LogP contribution in [-0.4, -0.2) is 72.7 Å². The molecule has 0 N–H and O–H groups in total. The van der Waals surface area contributed by atoms with Crippen molar-refractivity contribution < 1.29 is 9.00 Å². The molecule has 5 heterocycles. The van der Waals surface area contributed by atoms with Gasteiger partial charge in [0.15, 0.2) is 0 Å². The maximum Gasteiger partial charge on any atom is 0.241 e. The number of rotatable bonds is 3. The highest BCUT2D eigenvalue weighted by Gasteiger charge is 2.50. The van der Waals surface area contributed by atoms with E-state index in [1.807, 2.05) is 24.8 Å². The molecule has 8 nitrogen and oxygen atoms in total. The number of amides is 1. The summed E-state index contributed by atoms with van der Waals surface area (Å²) in [6.07, 6.45) is 4.10. The summed E-state index contributed by atoms with van der Waals surface area (Å²) in [6.45, 7) is 12.9. The van der Waals surface area contributed by atoms with E-state index < -0.39 is 15.5 Å². The van der Waals surface area contributed by atoms with Gasteiger partial charge in [-0.1, -0.05) is 25.4 Å². The van der Waals surface area contributed by atoms with E-state index in [-0.39, 0.29) is 17.4 Å². The number of hydrogen-bond donors (Lipinski definition) is 0. The van der Waals surface area contributed by atoms with Crippen molar-refractivity contribution in [2.75, 3.05) is 41.7 Å². The average molecular weight is 503 g/mol. The van der Waals surface area contributed by atoms with Crippen molar-refractivity contribution in [3.8, 4) is 0 Å². The van der Waals surface area contributed by atoms with Crippen LogP contribution in [0.15, 0.2) is 18.6 Å². The van der Waals surface area contributed by atoms with Crippen molar-refractivity contribution in [1.29, 1.82) is 0 Å². The first-order valence-electron chi connectivity index (χ1n) is 11.7. The molecule has 0 radical (unpaired) electrons. The number of piperazine rings is 1. The van der Waals surface area contributed by atoms with Gasteiger partial charge in [0, 0.05) is 71.0 Å². The molecule has 3 aliphatic heterocycles. The van der Waals surface area contributed by atoms with Crippen LogP contribution in [0.3, 0.4) is 0 Å². The van der Waals surface area contributed by atoms with Crippen LogP contribution in [0.25, 0.3) is 0 Å². The third kappa shape index (κ3) is 3.59. The number of pyridine rings is 1. The zero-order chi connectivity index (χ0) is 24.4. The van der Waals surface area contributed by atoms with Gasteiger partial charge < -0.3 is 14.7 Å². The van der Waals surface area contributed by atoms with Gasteiger partial charge in [0.1, 0.15) is 28.5 Å². The second-order valence-corrected chi connectivity index (χ2v) is 12.9. The zero-order valence-corrected chi connectivity index (χ0v) is 21.9. The van der Waals surface area contributed by atoms with Gasteiger partial charge in [-0.3, -0.25) is 9.00 Å². The Bertz CT molecular complexity index is 1190. The summed E-state index contributed by atoms with van der Waals surface area (Å²) < 4.78 is 11.5. The molecule has 0 saturated carbocycles. The summed E-state index contributed by atoms with van der Waals surface area (Å²) in [6, 6.07) is 1.89. The van der Waals surface area contributed by atoms with E-state index in [9.17, 15) is 9.00 Å². The smallest absolute Gasteiger partial charge is 0.241 e. The molecule has 0 bridgehead atoms. The zero-order valence-electron chi connectivity index (χ0n) is 20.3. The number of aryl methyl sites for hydroxylation is 1. The minimum absolute atomic E-state index is 0.000481. The van der Waals surface area contributed by atoms with E-state index in [0.717, 1.165) is 35.1 Å². The lowest BCUT2D eigenvalue weighted by Crippen LogP contribution is -2.63. The van der Waals surface area contributed by atoms with Crippen molar-refractivity contribution in [2.45, 2.75) is 57.2 Å². The molecule has 3 atom stereocenters. The monoisotopic (exact) mass is 502 g/mol. The molecule has 0 aliphatic carbocycles. The average Bonchev–Trinajstić information content (AvgIpc) is 3.09. The maximum absolute atomic E-state index is 13.2. The van der Waals surface area contributed by atoms with E-state index in [1.165, 1.54) is 0 Å². The highest BCUT2D eigenvalue weighted by Crippen LogP contribution is 2.47. The predicted octanol–water partition coefficient (Wildman–Crippen LogP) is 3.21. The first kappa shape index (κ1) is 23.5. The van der Waals surface area contributed by atoms with Crippen LogP contribution in [0.2, 0.25) is 5.02 Å². The Balaban J connectivity index is 1.43. The van der Waals surface area contributed by atoms with Gasteiger partial charge >= 0.3 is 0 Å². The molecule has 2 fully saturated rings. The number of anilines is 3. The van der Waals surface area contributed by atoms with Gasteiger partial charge in [0.25, 0.3) is 0 Å². The van der Waals surface area contributed by atoms with Gasteiger partial charge in [-0.2, -0.15) is 0 Å². The number of halogens is 1. The summed E-state index contributed by atoms with van der Waals surface area (Å²) in [7, 11) is -1.07. The van der Waals surface area contributed by atoms with Crippen molar-refractivity contribution in [2.24, 2.45) is 0 Å². The number of carbonyl (C=O) groups excluding carboxylic acids is 1. The van der Waals surface area contributed by atoms with Crippen molar-refractivity contribution in [1.82, 2.24) is 19.9 Å². The summed E-state index contributed by atoms with van der Waals surface area (Å²) in [5.41, 5.74) is 1.83. The van der Waals surface area contributed by atoms with Gasteiger partial charge in [-0.05, 0) is 38.8 Å². The van der Waals surface area contributed by atoms with E-state index in [1.54, 1.807) is 12.5 Å². The summed E-state index contributed by atoms with van der Waals surface area (Å²) in [5.74, 6) is 3.18. The molecule has 0 aromatic carbocycles. The van der Waals surface area contributed by atoms with E-state index in [4.69, 9.17) is 16.6 Å². The number of hydrogen-bond acceptors (Lipinski definition) is 7. The summed E-state index contributed by atoms with van der Waals surface area (Å²) in [4.78, 5) is 33.4. The van der Waals surface area contributed by atoms with E-state index >= 15 is 0 Å². The fourth-order valence-corrected chi connectivity index (χ4v) is 6.69. The van der Waals surface area contributed by atoms with Crippen molar-refractivity contribution in [3.63, 3.8) is 0 Å². The number of carbonyl (C=O) groups is 1. The van der Waals surface area contributed by atoms with Crippen LogP contribution in [0.5, 0.6) is 0 Å². The second kappa shape index (κ2) is 8.16. The minimum Gasteiger partial charge on any atom is -0.352 e. The first-order valence-corrected chi connectivity index (χ1v) is 13.4. The van der Waals surface area contributed by atoms with Gasteiger partial charge in [0.2, 0.25) is 5.91 Å². The van der Waals surface area contributed by atoms with Crippen LogP contribution >= 0.6 is 11.6 Å².